The topological polar surface area (TPSA) is 63.3 Å². The van der Waals surface area contributed by atoms with Crippen molar-refractivity contribution in [3.05, 3.63) is 29.8 Å². The lowest BCUT2D eigenvalue weighted by atomic mass is 10.0. The van der Waals surface area contributed by atoms with Crippen molar-refractivity contribution >= 4 is 5.78 Å². The number of carbonyl (C=O) groups is 1. The molecule has 3 nitrogen and oxygen atoms in total. The first-order chi connectivity index (χ1) is 7.67. The van der Waals surface area contributed by atoms with Gasteiger partial charge >= 0.3 is 0 Å². The fourth-order valence-corrected chi connectivity index (χ4v) is 0.716. The molecule has 0 unspecified atom stereocenters. The maximum absolute atomic E-state index is 11.1. The minimum absolute atomic E-state index is 0.294. The molecule has 0 aliphatic rings. The Labute approximate surface area is 82.8 Å². The van der Waals surface area contributed by atoms with Gasteiger partial charge in [-0.05, 0) is 31.0 Å². The molecule has 0 aromatic heterocycles. The van der Waals surface area contributed by atoms with E-state index < -0.39 is 18.2 Å². The number of phenolic OH excluding ortho intramolecular Hbond substituents is 1. The molecule has 0 fully saturated rings. The SMILES string of the molecule is [2H]c1cc(O)cc([2H])c1C([2H])([2H])[C@H](N)C(C)=O. The third kappa shape index (κ3) is 2.87. The van der Waals surface area contributed by atoms with Crippen LogP contribution in [0.1, 0.15) is 18.0 Å². The van der Waals surface area contributed by atoms with Gasteiger partial charge in [0.2, 0.25) is 0 Å². The van der Waals surface area contributed by atoms with Crippen LogP contribution in [-0.2, 0) is 11.2 Å². The number of hydrogen-bond acceptors (Lipinski definition) is 3. The van der Waals surface area contributed by atoms with Gasteiger partial charge in [-0.25, -0.2) is 0 Å². The average molecular weight is 183 g/mol. The second-order valence-electron chi connectivity index (χ2n) is 2.61. The van der Waals surface area contributed by atoms with Crippen LogP contribution >= 0.6 is 0 Å². The van der Waals surface area contributed by atoms with Crippen LogP contribution in [-0.4, -0.2) is 16.9 Å². The fraction of sp³-hybridized carbons (Fsp3) is 0.300. The molecule has 0 aliphatic carbocycles. The second kappa shape index (κ2) is 4.05. The molecule has 3 N–H and O–H groups in total. The highest BCUT2D eigenvalue weighted by molar-refractivity contribution is 5.81. The molecule has 0 bridgehead atoms. The molecule has 1 aromatic rings. The van der Waals surface area contributed by atoms with Crippen LogP contribution in [0.4, 0.5) is 0 Å². The Bertz CT molecular complexity index is 439. The van der Waals surface area contributed by atoms with Gasteiger partial charge in [0.1, 0.15) is 11.5 Å². The molecule has 0 saturated heterocycles. The molecule has 0 amide bonds. The van der Waals surface area contributed by atoms with E-state index in [1.807, 2.05) is 0 Å². The summed E-state index contributed by atoms with van der Waals surface area (Å²) >= 11 is 0. The molecule has 0 spiro atoms. The fourth-order valence-electron chi connectivity index (χ4n) is 0.716. The first-order valence-electron chi connectivity index (χ1n) is 5.74. The Kier molecular flexibility index (Phi) is 1.68. The summed E-state index contributed by atoms with van der Waals surface area (Å²) in [4.78, 5) is 11.1. The van der Waals surface area contributed by atoms with Gasteiger partial charge in [-0.3, -0.25) is 4.79 Å². The van der Waals surface area contributed by atoms with Crippen LogP contribution in [0.25, 0.3) is 0 Å². The van der Waals surface area contributed by atoms with Crippen molar-refractivity contribution in [2.24, 2.45) is 5.73 Å². The highest BCUT2D eigenvalue weighted by atomic mass is 16.3. The van der Waals surface area contributed by atoms with Gasteiger partial charge in [-0.1, -0.05) is 12.1 Å². The van der Waals surface area contributed by atoms with Crippen LogP contribution < -0.4 is 5.73 Å². The van der Waals surface area contributed by atoms with Gasteiger partial charge in [-0.15, -0.1) is 0 Å². The molecule has 1 atom stereocenters. The van der Waals surface area contributed by atoms with Crippen molar-refractivity contribution in [2.75, 3.05) is 0 Å². The highest BCUT2D eigenvalue weighted by Crippen LogP contribution is 2.10. The lowest BCUT2D eigenvalue weighted by molar-refractivity contribution is -0.118. The largest absolute Gasteiger partial charge is 0.508 e. The normalized spacial score (nSPS) is 18.0. The van der Waals surface area contributed by atoms with E-state index in [2.05, 4.69) is 0 Å². The first kappa shape index (κ1) is 5.40. The zero-order valence-corrected chi connectivity index (χ0v) is 7.16. The lowest BCUT2D eigenvalue weighted by Crippen LogP contribution is -2.30. The summed E-state index contributed by atoms with van der Waals surface area (Å²) in [5.41, 5.74) is 5.15. The number of hydrogen-bond donors (Lipinski definition) is 2. The smallest absolute Gasteiger partial charge is 0.146 e. The molecule has 1 aromatic carbocycles. The Hall–Kier alpha value is -1.35. The summed E-state index contributed by atoms with van der Waals surface area (Å²) in [6.07, 6.45) is -2.31. The van der Waals surface area contributed by atoms with E-state index >= 15 is 0 Å². The van der Waals surface area contributed by atoms with Crippen molar-refractivity contribution in [3.8, 4) is 5.75 Å². The molecule has 1 rings (SSSR count). The maximum Gasteiger partial charge on any atom is 0.146 e. The molecule has 0 aliphatic heterocycles. The predicted octanol–water partition coefficient (Wildman–Crippen LogP) is 0.851. The number of rotatable bonds is 3. The maximum atomic E-state index is 11.1. The van der Waals surface area contributed by atoms with E-state index in [1.165, 1.54) is 0 Å². The van der Waals surface area contributed by atoms with Crippen molar-refractivity contribution in [3.63, 3.8) is 0 Å². The third-order valence-corrected chi connectivity index (χ3v) is 1.47. The minimum Gasteiger partial charge on any atom is -0.508 e. The van der Waals surface area contributed by atoms with Gasteiger partial charge in [0.15, 0.2) is 0 Å². The number of Topliss-reactive ketones (excluding diaryl/α,β-unsaturated/α-hetero) is 1. The summed E-state index contributed by atoms with van der Waals surface area (Å²) < 4.78 is 30.6. The Morgan fingerprint density at radius 3 is 2.77 bits per heavy atom. The lowest BCUT2D eigenvalue weighted by Gasteiger charge is -2.07. The molecule has 70 valence electrons. The number of ketones is 1. The van der Waals surface area contributed by atoms with Crippen molar-refractivity contribution < 1.29 is 15.4 Å². The molecular formula is C10H13NO2. The van der Waals surface area contributed by atoms with Crippen LogP contribution in [0.2, 0.25) is 0 Å². The molecule has 3 heteroatoms. The summed E-state index contributed by atoms with van der Waals surface area (Å²) in [6.45, 7) is 1.15. The van der Waals surface area contributed by atoms with E-state index in [0.29, 0.717) is 0 Å². The minimum atomic E-state index is -2.31. The highest BCUT2D eigenvalue weighted by Gasteiger charge is 2.08. The Morgan fingerprint density at radius 2 is 2.31 bits per heavy atom. The Balaban J connectivity index is 3.38. The van der Waals surface area contributed by atoms with Gasteiger partial charge in [-0.2, -0.15) is 0 Å². The van der Waals surface area contributed by atoms with E-state index in [4.69, 9.17) is 11.2 Å². The predicted molar refractivity (Wildman–Crippen MR) is 50.5 cm³/mol. The first-order valence-corrected chi connectivity index (χ1v) is 3.74. The zero-order valence-electron chi connectivity index (χ0n) is 11.2. The third-order valence-electron chi connectivity index (χ3n) is 1.47. The van der Waals surface area contributed by atoms with Crippen LogP contribution in [0.5, 0.6) is 5.75 Å². The summed E-state index contributed by atoms with van der Waals surface area (Å²) in [7, 11) is 0. The van der Waals surface area contributed by atoms with E-state index in [0.717, 1.165) is 19.1 Å². The van der Waals surface area contributed by atoms with Gasteiger partial charge in [0.05, 0.1) is 8.78 Å². The van der Waals surface area contributed by atoms with Crippen molar-refractivity contribution in [1.82, 2.24) is 0 Å². The molecule has 0 radical (unpaired) electrons. The van der Waals surface area contributed by atoms with Gasteiger partial charge in [0, 0.05) is 2.74 Å². The Morgan fingerprint density at radius 1 is 1.77 bits per heavy atom. The van der Waals surface area contributed by atoms with Crippen LogP contribution in [0.15, 0.2) is 24.2 Å². The van der Waals surface area contributed by atoms with E-state index in [1.54, 1.807) is 0 Å². The van der Waals surface area contributed by atoms with Crippen LogP contribution in [0, 0.1) is 0 Å². The van der Waals surface area contributed by atoms with E-state index in [-0.39, 0.29) is 23.4 Å². The number of phenols is 1. The number of nitrogens with two attached hydrogens (primary N) is 1. The summed E-state index contributed by atoms with van der Waals surface area (Å²) in [5, 5.41) is 9.17. The molecule has 13 heavy (non-hydrogen) atoms. The monoisotopic (exact) mass is 183 g/mol. The summed E-state index contributed by atoms with van der Waals surface area (Å²) in [5.74, 6) is -0.863. The number of carbonyl (C=O) groups excluding carboxylic acids is 1. The summed E-state index contributed by atoms with van der Waals surface area (Å²) in [6, 6.07) is -0.121. The molecule has 0 heterocycles. The van der Waals surface area contributed by atoms with Gasteiger partial charge in [0.25, 0.3) is 0 Å². The van der Waals surface area contributed by atoms with Crippen molar-refractivity contribution in [1.29, 1.82) is 0 Å². The molecule has 0 saturated carbocycles. The molecular weight excluding hydrogens is 166 g/mol. The zero-order chi connectivity index (χ0) is 13.4. The van der Waals surface area contributed by atoms with Crippen molar-refractivity contribution in [2.45, 2.75) is 19.3 Å². The van der Waals surface area contributed by atoms with E-state index in [9.17, 15) is 9.90 Å². The standard InChI is InChI=1S/C10H13NO2/c1-7(12)10(11)6-8-2-4-9(13)5-3-8/h2-5,10,13H,6,11H2,1H3/t10-/m0/s1/i2D,3D,6D2. The van der Waals surface area contributed by atoms with Gasteiger partial charge < -0.3 is 10.8 Å². The number of aromatic hydroxyl groups is 1. The quantitative estimate of drug-likeness (QED) is 0.730. The average Bonchev–Trinajstić information content (AvgIpc) is 2.13. The van der Waals surface area contributed by atoms with Crippen LogP contribution in [0.3, 0.4) is 0 Å². The second-order valence-corrected chi connectivity index (χ2v) is 2.61. The number of benzene rings is 1.